The van der Waals surface area contributed by atoms with Crippen LogP contribution < -0.4 is 10.3 Å². The van der Waals surface area contributed by atoms with Crippen molar-refractivity contribution in [3.05, 3.63) is 70.6 Å². The van der Waals surface area contributed by atoms with E-state index in [9.17, 15) is 18.0 Å². The minimum atomic E-state index is -3.89. The largest absolute Gasteiger partial charge is 0.423 e. The Morgan fingerprint density at radius 1 is 1.04 bits per heavy atom. The number of Topliss-reactive ketones (excluding diaryl/α,β-unsaturated/α-hetero) is 1. The molecule has 3 rings (SSSR count). The van der Waals surface area contributed by atoms with E-state index in [4.69, 9.17) is 4.42 Å². The Morgan fingerprint density at radius 2 is 1.79 bits per heavy atom. The molecule has 1 N–H and O–H groups in total. The Morgan fingerprint density at radius 3 is 2.54 bits per heavy atom. The van der Waals surface area contributed by atoms with Crippen LogP contribution in [0.3, 0.4) is 0 Å². The van der Waals surface area contributed by atoms with Gasteiger partial charge in [0.15, 0.2) is 5.78 Å². The molecular formula is C17H13NO5S. The van der Waals surface area contributed by atoms with Gasteiger partial charge in [-0.2, -0.15) is 0 Å². The zero-order valence-electron chi connectivity index (χ0n) is 12.6. The summed E-state index contributed by atoms with van der Waals surface area (Å²) >= 11 is 0. The quantitative estimate of drug-likeness (QED) is 0.581. The van der Waals surface area contributed by atoms with Gasteiger partial charge < -0.3 is 4.42 Å². The zero-order valence-corrected chi connectivity index (χ0v) is 13.5. The highest BCUT2D eigenvalue weighted by atomic mass is 32.2. The average Bonchev–Trinajstić information content (AvgIpc) is 2.54. The molecular weight excluding hydrogens is 330 g/mol. The van der Waals surface area contributed by atoms with Crippen LogP contribution in [0, 0.1) is 0 Å². The number of carbonyl (C=O) groups excluding carboxylic acids is 1. The molecule has 7 heteroatoms. The lowest BCUT2D eigenvalue weighted by molar-refractivity contribution is 0.101. The lowest BCUT2D eigenvalue weighted by atomic mass is 10.1. The van der Waals surface area contributed by atoms with E-state index in [0.717, 1.165) is 0 Å². The molecule has 0 aliphatic carbocycles. The molecule has 2 aromatic carbocycles. The van der Waals surface area contributed by atoms with Gasteiger partial charge in [0.05, 0.1) is 10.6 Å². The number of fused-ring (bicyclic) bond motifs is 1. The molecule has 0 unspecified atom stereocenters. The van der Waals surface area contributed by atoms with Gasteiger partial charge in [-0.05, 0) is 43.3 Å². The predicted octanol–water partition coefficient (Wildman–Crippen LogP) is 2.80. The first-order chi connectivity index (χ1) is 11.4. The maximum absolute atomic E-state index is 12.6. The second-order valence-electron chi connectivity index (χ2n) is 5.16. The van der Waals surface area contributed by atoms with E-state index in [-0.39, 0.29) is 21.9 Å². The van der Waals surface area contributed by atoms with Crippen LogP contribution in [-0.2, 0) is 10.0 Å². The summed E-state index contributed by atoms with van der Waals surface area (Å²) in [6.07, 6.45) is 0. The lowest BCUT2D eigenvalue weighted by Crippen LogP contribution is -2.15. The smallest absolute Gasteiger partial charge is 0.336 e. The molecule has 0 spiro atoms. The topological polar surface area (TPSA) is 93.4 Å². The van der Waals surface area contributed by atoms with Gasteiger partial charge in [-0.3, -0.25) is 9.52 Å². The van der Waals surface area contributed by atoms with Crippen LogP contribution in [0.5, 0.6) is 0 Å². The Balaban J connectivity index is 2.04. The van der Waals surface area contributed by atoms with Crippen molar-refractivity contribution in [3.8, 4) is 0 Å². The fraction of sp³-hybridized carbons (Fsp3) is 0.0588. The summed E-state index contributed by atoms with van der Waals surface area (Å²) in [5, 5.41) is 0.484. The van der Waals surface area contributed by atoms with E-state index >= 15 is 0 Å². The van der Waals surface area contributed by atoms with Crippen molar-refractivity contribution < 1.29 is 17.6 Å². The molecule has 0 aliphatic rings. The highest BCUT2D eigenvalue weighted by molar-refractivity contribution is 7.92. The van der Waals surface area contributed by atoms with Crippen molar-refractivity contribution in [2.45, 2.75) is 11.8 Å². The van der Waals surface area contributed by atoms with Crippen molar-refractivity contribution >= 4 is 32.5 Å². The van der Waals surface area contributed by atoms with Gasteiger partial charge in [0, 0.05) is 17.0 Å². The number of nitrogens with one attached hydrogen (secondary N) is 1. The molecule has 0 saturated carbocycles. The molecule has 0 bridgehead atoms. The van der Waals surface area contributed by atoms with Crippen LogP contribution in [0.25, 0.3) is 11.0 Å². The second-order valence-corrected chi connectivity index (χ2v) is 6.84. The second kappa shape index (κ2) is 5.93. The van der Waals surface area contributed by atoms with Crippen molar-refractivity contribution in [2.75, 3.05) is 4.72 Å². The number of sulfonamides is 1. The van der Waals surface area contributed by atoms with E-state index in [1.807, 2.05) is 0 Å². The van der Waals surface area contributed by atoms with Gasteiger partial charge in [0.25, 0.3) is 10.0 Å². The summed E-state index contributed by atoms with van der Waals surface area (Å²) in [4.78, 5) is 22.8. The first kappa shape index (κ1) is 15.9. The molecule has 0 aliphatic heterocycles. The summed E-state index contributed by atoms with van der Waals surface area (Å²) in [5.41, 5.74) is 0.287. The van der Waals surface area contributed by atoms with E-state index in [0.29, 0.717) is 11.0 Å². The predicted molar refractivity (Wildman–Crippen MR) is 89.7 cm³/mol. The van der Waals surface area contributed by atoms with Crippen molar-refractivity contribution in [3.63, 3.8) is 0 Å². The van der Waals surface area contributed by atoms with Crippen LogP contribution in [0.2, 0.25) is 0 Å². The number of carbonyl (C=O) groups is 1. The molecule has 0 atom stereocenters. The highest BCUT2D eigenvalue weighted by Crippen LogP contribution is 2.23. The number of para-hydroxylation sites is 1. The number of benzene rings is 2. The lowest BCUT2D eigenvalue weighted by Gasteiger charge is -2.11. The molecule has 6 nitrogen and oxygen atoms in total. The van der Waals surface area contributed by atoms with Crippen molar-refractivity contribution in [1.29, 1.82) is 0 Å². The maximum atomic E-state index is 12.6. The fourth-order valence-electron chi connectivity index (χ4n) is 2.30. The number of anilines is 1. The number of hydrogen-bond acceptors (Lipinski definition) is 5. The molecule has 0 amide bonds. The minimum absolute atomic E-state index is 0.00204. The standard InChI is InChI=1S/C17H13NO5S/c1-11(19)14-4-2-3-5-15(14)18-24(21,22)13-7-8-16-12(10-13)6-9-17(20)23-16/h2-10,18H,1H3. The minimum Gasteiger partial charge on any atom is -0.423 e. The number of rotatable bonds is 4. The van der Waals surface area contributed by atoms with Gasteiger partial charge >= 0.3 is 5.63 Å². The fourth-order valence-corrected chi connectivity index (χ4v) is 3.41. The first-order valence-corrected chi connectivity index (χ1v) is 8.52. The summed E-state index contributed by atoms with van der Waals surface area (Å²) in [5.74, 6) is -0.242. The average molecular weight is 343 g/mol. The van der Waals surface area contributed by atoms with Crippen molar-refractivity contribution in [2.24, 2.45) is 0 Å². The SMILES string of the molecule is CC(=O)c1ccccc1NS(=O)(=O)c1ccc2oc(=O)ccc2c1. The molecule has 122 valence electrons. The molecule has 3 aromatic rings. The number of hydrogen-bond donors (Lipinski definition) is 1. The van der Waals surface area contributed by atoms with E-state index in [2.05, 4.69) is 4.72 Å². The van der Waals surface area contributed by atoms with Crippen molar-refractivity contribution in [1.82, 2.24) is 0 Å². The van der Waals surface area contributed by atoms with Gasteiger partial charge in [-0.15, -0.1) is 0 Å². The zero-order chi connectivity index (χ0) is 17.3. The summed E-state index contributed by atoms with van der Waals surface area (Å²) in [7, 11) is -3.89. The summed E-state index contributed by atoms with van der Waals surface area (Å²) in [6, 6.07) is 13.2. The summed E-state index contributed by atoms with van der Waals surface area (Å²) in [6.45, 7) is 1.37. The Kier molecular flexibility index (Phi) is 3.94. The molecule has 1 aromatic heterocycles. The molecule has 0 radical (unpaired) electrons. The Labute approximate surface area is 137 Å². The normalized spacial score (nSPS) is 11.4. The van der Waals surface area contributed by atoms with E-state index in [1.54, 1.807) is 18.2 Å². The van der Waals surface area contributed by atoms with Crippen LogP contribution >= 0.6 is 0 Å². The summed E-state index contributed by atoms with van der Waals surface area (Å²) < 4.78 is 32.5. The Bertz CT molecular complexity index is 1100. The highest BCUT2D eigenvalue weighted by Gasteiger charge is 2.18. The maximum Gasteiger partial charge on any atom is 0.336 e. The molecule has 1 heterocycles. The first-order valence-electron chi connectivity index (χ1n) is 7.03. The molecule has 0 saturated heterocycles. The third kappa shape index (κ3) is 3.07. The van der Waals surface area contributed by atoms with Gasteiger partial charge in [0.1, 0.15) is 5.58 Å². The molecule has 0 fully saturated rings. The van der Waals surface area contributed by atoms with Gasteiger partial charge in [-0.25, -0.2) is 13.2 Å². The molecule has 24 heavy (non-hydrogen) atoms. The van der Waals surface area contributed by atoms with Gasteiger partial charge in [-0.1, -0.05) is 12.1 Å². The third-order valence-electron chi connectivity index (χ3n) is 3.45. The van der Waals surface area contributed by atoms with Crippen LogP contribution in [0.4, 0.5) is 5.69 Å². The van der Waals surface area contributed by atoms with Crippen LogP contribution in [0.15, 0.2) is 68.7 Å². The van der Waals surface area contributed by atoms with Crippen LogP contribution in [-0.4, -0.2) is 14.2 Å². The number of ketones is 1. The van der Waals surface area contributed by atoms with Gasteiger partial charge in [0.2, 0.25) is 0 Å². The van der Waals surface area contributed by atoms with Crippen LogP contribution in [0.1, 0.15) is 17.3 Å². The monoisotopic (exact) mass is 343 g/mol. The Hall–Kier alpha value is -2.93. The van der Waals surface area contributed by atoms with E-state index in [1.165, 1.54) is 43.3 Å². The third-order valence-corrected chi connectivity index (χ3v) is 4.81. The van der Waals surface area contributed by atoms with E-state index < -0.39 is 15.6 Å².